The molecule has 1 aliphatic rings. The van der Waals surface area contributed by atoms with Crippen LogP contribution in [0.4, 0.5) is 0 Å². The Morgan fingerprint density at radius 3 is 2.43 bits per heavy atom. The van der Waals surface area contributed by atoms with Gasteiger partial charge in [-0.3, -0.25) is 0 Å². The molecule has 0 heterocycles. The maximum absolute atomic E-state index is 3.70. The van der Waals surface area contributed by atoms with E-state index in [-0.39, 0.29) is 5.41 Å². The highest BCUT2D eigenvalue weighted by atomic mass is 14.9. The quantitative estimate of drug-likeness (QED) is 0.796. The van der Waals surface area contributed by atoms with Crippen LogP contribution in [0.5, 0.6) is 0 Å². The molecule has 1 aromatic carbocycles. The van der Waals surface area contributed by atoms with Crippen LogP contribution in [-0.2, 0) is 11.8 Å². The molecule has 1 aliphatic carbocycles. The van der Waals surface area contributed by atoms with E-state index in [1.807, 2.05) is 0 Å². The van der Waals surface area contributed by atoms with Crippen molar-refractivity contribution < 1.29 is 0 Å². The Morgan fingerprint density at radius 1 is 1.19 bits per heavy atom. The molecule has 1 heteroatoms. The summed E-state index contributed by atoms with van der Waals surface area (Å²) in [5, 5.41) is 3.70. The van der Waals surface area contributed by atoms with Crippen LogP contribution >= 0.6 is 0 Å². The lowest BCUT2D eigenvalue weighted by atomic mass is 9.80. The van der Waals surface area contributed by atoms with Gasteiger partial charge in [-0.15, -0.1) is 0 Å². The van der Waals surface area contributed by atoms with E-state index in [1.54, 1.807) is 0 Å². The zero-order chi connectivity index (χ0) is 15.5. The molecule has 1 aromatic rings. The lowest BCUT2D eigenvalue weighted by Gasteiger charge is -2.25. The Morgan fingerprint density at radius 2 is 1.86 bits per heavy atom. The summed E-state index contributed by atoms with van der Waals surface area (Å²) in [5.74, 6) is 0. The first-order valence-electron chi connectivity index (χ1n) is 8.65. The molecule has 0 amide bonds. The van der Waals surface area contributed by atoms with E-state index in [0.717, 1.165) is 6.04 Å². The molecule has 0 aliphatic heterocycles. The topological polar surface area (TPSA) is 12.0 Å². The molecule has 0 aromatic heterocycles. The second kappa shape index (κ2) is 6.52. The molecule has 2 atom stereocenters. The molecule has 1 saturated carbocycles. The number of hydrogen-bond acceptors (Lipinski definition) is 1. The molecular weight excluding hydrogens is 254 g/mol. The predicted molar refractivity (Wildman–Crippen MR) is 92.9 cm³/mol. The Kier molecular flexibility index (Phi) is 5.14. The third kappa shape index (κ3) is 4.57. The highest BCUT2D eigenvalue weighted by molar-refractivity contribution is 5.28. The van der Waals surface area contributed by atoms with Gasteiger partial charge in [0.1, 0.15) is 0 Å². The zero-order valence-corrected chi connectivity index (χ0v) is 14.6. The average molecular weight is 287 g/mol. The minimum absolute atomic E-state index is 0.255. The van der Waals surface area contributed by atoms with Crippen molar-refractivity contribution in [3.8, 4) is 0 Å². The molecule has 1 fully saturated rings. The summed E-state index contributed by atoms with van der Waals surface area (Å²) < 4.78 is 0. The Labute approximate surface area is 131 Å². The third-order valence-electron chi connectivity index (χ3n) is 4.97. The number of rotatable bonds is 5. The van der Waals surface area contributed by atoms with Gasteiger partial charge < -0.3 is 5.32 Å². The van der Waals surface area contributed by atoms with Crippen molar-refractivity contribution in [1.29, 1.82) is 0 Å². The molecule has 21 heavy (non-hydrogen) atoms. The van der Waals surface area contributed by atoms with Crippen LogP contribution in [0.3, 0.4) is 0 Å². The fourth-order valence-corrected chi connectivity index (χ4v) is 3.62. The molecule has 0 spiro atoms. The van der Waals surface area contributed by atoms with E-state index < -0.39 is 0 Å². The van der Waals surface area contributed by atoms with Gasteiger partial charge in [0.15, 0.2) is 0 Å². The summed E-state index contributed by atoms with van der Waals surface area (Å²) in [6.07, 6.45) is 6.49. The van der Waals surface area contributed by atoms with Crippen LogP contribution in [0.25, 0.3) is 0 Å². The maximum Gasteiger partial charge on any atom is 0.00725 e. The normalized spacial score (nSPS) is 26.2. The summed E-state index contributed by atoms with van der Waals surface area (Å²) in [4.78, 5) is 0. The average Bonchev–Trinajstić information content (AvgIpc) is 2.77. The van der Waals surface area contributed by atoms with Crippen molar-refractivity contribution >= 4 is 0 Å². The van der Waals surface area contributed by atoms with E-state index in [2.05, 4.69) is 64.2 Å². The van der Waals surface area contributed by atoms with E-state index >= 15 is 0 Å². The lowest BCUT2D eigenvalue weighted by molar-refractivity contribution is 0.322. The van der Waals surface area contributed by atoms with Crippen molar-refractivity contribution in [2.45, 2.75) is 78.2 Å². The van der Waals surface area contributed by atoms with Gasteiger partial charge in [0, 0.05) is 6.04 Å². The van der Waals surface area contributed by atoms with Crippen molar-refractivity contribution in [2.24, 2.45) is 5.41 Å². The van der Waals surface area contributed by atoms with Crippen molar-refractivity contribution in [3.05, 3.63) is 35.4 Å². The maximum atomic E-state index is 3.70. The molecule has 0 saturated heterocycles. The summed E-state index contributed by atoms with van der Waals surface area (Å²) in [6.45, 7) is 12.7. The highest BCUT2D eigenvalue weighted by Gasteiger charge is 2.34. The molecule has 0 radical (unpaired) electrons. The first kappa shape index (κ1) is 16.5. The fourth-order valence-electron chi connectivity index (χ4n) is 3.62. The van der Waals surface area contributed by atoms with Crippen LogP contribution in [0.15, 0.2) is 24.3 Å². The second-order valence-corrected chi connectivity index (χ2v) is 8.33. The van der Waals surface area contributed by atoms with Crippen LogP contribution in [0.1, 0.15) is 71.4 Å². The first-order chi connectivity index (χ1) is 9.82. The molecule has 1 N–H and O–H groups in total. The minimum atomic E-state index is 0.255. The van der Waals surface area contributed by atoms with Gasteiger partial charge in [-0.05, 0) is 60.6 Å². The largest absolute Gasteiger partial charge is 0.314 e. The van der Waals surface area contributed by atoms with E-state index in [0.29, 0.717) is 5.41 Å². The Balaban J connectivity index is 1.95. The lowest BCUT2D eigenvalue weighted by Crippen LogP contribution is -2.28. The SMILES string of the molecule is CCCNC1CCC(C)(Cc2ccc(C(C)(C)C)cc2)C1. The Bertz CT molecular complexity index is 440. The standard InChI is InChI=1S/C20H33N/c1-6-13-21-18-11-12-20(5,15-18)14-16-7-9-17(10-8-16)19(2,3)4/h7-10,18,21H,6,11-15H2,1-5H3. The van der Waals surface area contributed by atoms with Crippen LogP contribution in [-0.4, -0.2) is 12.6 Å². The first-order valence-corrected chi connectivity index (χ1v) is 8.65. The molecule has 2 rings (SSSR count). The van der Waals surface area contributed by atoms with Crippen LogP contribution < -0.4 is 5.32 Å². The van der Waals surface area contributed by atoms with Crippen LogP contribution in [0.2, 0.25) is 0 Å². The minimum Gasteiger partial charge on any atom is -0.314 e. The van der Waals surface area contributed by atoms with Crippen LogP contribution in [0, 0.1) is 5.41 Å². The van der Waals surface area contributed by atoms with Gasteiger partial charge in [-0.2, -0.15) is 0 Å². The summed E-state index contributed by atoms with van der Waals surface area (Å²) in [7, 11) is 0. The molecule has 1 nitrogen and oxygen atoms in total. The molecule has 118 valence electrons. The predicted octanol–water partition coefficient (Wildman–Crippen LogP) is 5.09. The second-order valence-electron chi connectivity index (χ2n) is 8.33. The summed E-state index contributed by atoms with van der Waals surface area (Å²) in [6, 6.07) is 10.1. The number of hydrogen-bond donors (Lipinski definition) is 1. The summed E-state index contributed by atoms with van der Waals surface area (Å²) >= 11 is 0. The Hall–Kier alpha value is -0.820. The van der Waals surface area contributed by atoms with Crippen molar-refractivity contribution in [3.63, 3.8) is 0 Å². The monoisotopic (exact) mass is 287 g/mol. The number of nitrogens with one attached hydrogen (secondary N) is 1. The zero-order valence-electron chi connectivity index (χ0n) is 14.6. The molecular formula is C20H33N. The fraction of sp³-hybridized carbons (Fsp3) is 0.700. The molecule has 2 unspecified atom stereocenters. The van der Waals surface area contributed by atoms with Gasteiger partial charge in [-0.25, -0.2) is 0 Å². The van der Waals surface area contributed by atoms with Gasteiger partial charge in [0.25, 0.3) is 0 Å². The van der Waals surface area contributed by atoms with Gasteiger partial charge in [0.05, 0.1) is 0 Å². The smallest absolute Gasteiger partial charge is 0.00725 e. The van der Waals surface area contributed by atoms with Gasteiger partial charge in [-0.1, -0.05) is 58.9 Å². The van der Waals surface area contributed by atoms with Crippen molar-refractivity contribution in [2.75, 3.05) is 6.54 Å². The third-order valence-corrected chi connectivity index (χ3v) is 4.97. The van der Waals surface area contributed by atoms with E-state index in [1.165, 1.54) is 49.8 Å². The number of benzene rings is 1. The van der Waals surface area contributed by atoms with Crippen molar-refractivity contribution in [1.82, 2.24) is 5.32 Å². The van der Waals surface area contributed by atoms with E-state index in [4.69, 9.17) is 0 Å². The van der Waals surface area contributed by atoms with Gasteiger partial charge >= 0.3 is 0 Å². The highest BCUT2D eigenvalue weighted by Crippen LogP contribution is 2.40. The summed E-state index contributed by atoms with van der Waals surface area (Å²) in [5.41, 5.74) is 3.67. The van der Waals surface area contributed by atoms with Gasteiger partial charge in [0.2, 0.25) is 0 Å². The van der Waals surface area contributed by atoms with E-state index in [9.17, 15) is 0 Å². The molecule has 0 bridgehead atoms.